The van der Waals surface area contributed by atoms with E-state index in [4.69, 9.17) is 4.74 Å². The third-order valence-corrected chi connectivity index (χ3v) is 6.12. The van der Waals surface area contributed by atoms with Crippen LogP contribution in [0.25, 0.3) is 17.1 Å². The number of nitro benzene ring substituents is 1. The van der Waals surface area contributed by atoms with Crippen molar-refractivity contribution in [3.63, 3.8) is 0 Å². The average Bonchev–Trinajstić information content (AvgIpc) is 3.40. The van der Waals surface area contributed by atoms with Crippen LogP contribution >= 0.6 is 0 Å². The quantitative estimate of drug-likeness (QED) is 0.308. The third-order valence-electron chi connectivity index (χ3n) is 6.12. The summed E-state index contributed by atoms with van der Waals surface area (Å²) in [5.41, 5.74) is 2.76. The average molecular weight is 487 g/mol. The Hall–Kier alpha value is -4.51. The number of hydrogen-bond donors (Lipinski definition) is 1. The smallest absolute Gasteiger partial charge is 0.294 e. The molecular formula is C25H26N8O3. The number of anilines is 3. The molecule has 0 spiro atoms. The number of piperazine rings is 1. The molecule has 4 aromatic rings. The number of aromatic nitrogens is 4. The van der Waals surface area contributed by atoms with E-state index in [0.717, 1.165) is 24.3 Å². The van der Waals surface area contributed by atoms with Crippen molar-refractivity contribution in [3.8, 4) is 22.8 Å². The van der Waals surface area contributed by atoms with Crippen LogP contribution < -0.4 is 15.0 Å². The molecule has 1 fully saturated rings. The van der Waals surface area contributed by atoms with Gasteiger partial charge < -0.3 is 19.9 Å². The Morgan fingerprint density at radius 1 is 1.06 bits per heavy atom. The van der Waals surface area contributed by atoms with E-state index < -0.39 is 0 Å². The summed E-state index contributed by atoms with van der Waals surface area (Å²) in [6.07, 6.45) is 3.43. The molecule has 184 valence electrons. The van der Waals surface area contributed by atoms with Crippen LogP contribution in [-0.2, 0) is 0 Å². The molecule has 0 saturated carbocycles. The Bertz CT molecular complexity index is 1370. The zero-order valence-corrected chi connectivity index (χ0v) is 20.0. The molecule has 0 aliphatic carbocycles. The third kappa shape index (κ3) is 4.82. The lowest BCUT2D eigenvalue weighted by atomic mass is 10.1. The van der Waals surface area contributed by atoms with Gasteiger partial charge in [0.1, 0.15) is 11.4 Å². The van der Waals surface area contributed by atoms with E-state index in [2.05, 4.69) is 25.3 Å². The monoisotopic (exact) mass is 486 g/mol. The van der Waals surface area contributed by atoms with Gasteiger partial charge in [-0.3, -0.25) is 10.1 Å². The molecule has 5 rings (SSSR count). The first kappa shape index (κ1) is 23.2. The van der Waals surface area contributed by atoms with Crippen LogP contribution in [0.15, 0.2) is 67.0 Å². The van der Waals surface area contributed by atoms with Crippen LogP contribution in [-0.4, -0.2) is 69.9 Å². The van der Waals surface area contributed by atoms with Crippen LogP contribution in [0.4, 0.5) is 23.0 Å². The highest BCUT2D eigenvalue weighted by Crippen LogP contribution is 2.39. The van der Waals surface area contributed by atoms with E-state index in [0.29, 0.717) is 36.0 Å². The maximum Gasteiger partial charge on any atom is 0.294 e. The van der Waals surface area contributed by atoms with Crippen molar-refractivity contribution in [1.82, 2.24) is 24.6 Å². The van der Waals surface area contributed by atoms with Gasteiger partial charge in [0.2, 0.25) is 5.95 Å². The molecule has 0 amide bonds. The molecule has 2 aromatic carbocycles. The summed E-state index contributed by atoms with van der Waals surface area (Å²) in [6.45, 7) is 3.07. The lowest BCUT2D eigenvalue weighted by Gasteiger charge is -2.33. The molecule has 0 bridgehead atoms. The zero-order chi connectivity index (χ0) is 25.1. The molecule has 1 N–H and O–H groups in total. The molecule has 0 radical (unpaired) electrons. The summed E-state index contributed by atoms with van der Waals surface area (Å²) >= 11 is 0. The predicted octanol–water partition coefficient (Wildman–Crippen LogP) is 3.74. The number of nitrogens with one attached hydrogen (secondary N) is 1. The summed E-state index contributed by atoms with van der Waals surface area (Å²) < 4.78 is 7.23. The molecular weight excluding hydrogens is 460 g/mol. The van der Waals surface area contributed by atoms with Crippen LogP contribution in [0.2, 0.25) is 0 Å². The van der Waals surface area contributed by atoms with Gasteiger partial charge in [-0.15, -0.1) is 0 Å². The second-order valence-electron chi connectivity index (χ2n) is 8.46. The number of nitrogens with zero attached hydrogens (tertiary/aromatic N) is 7. The Morgan fingerprint density at radius 3 is 2.56 bits per heavy atom. The van der Waals surface area contributed by atoms with Crippen molar-refractivity contribution in [2.24, 2.45) is 0 Å². The van der Waals surface area contributed by atoms with Crippen molar-refractivity contribution < 1.29 is 9.66 Å². The topological polar surface area (TPSA) is 114 Å². The lowest BCUT2D eigenvalue weighted by Crippen LogP contribution is -2.44. The number of hydrogen-bond acceptors (Lipinski definition) is 9. The van der Waals surface area contributed by atoms with Crippen LogP contribution in [0.5, 0.6) is 5.75 Å². The van der Waals surface area contributed by atoms with Gasteiger partial charge in [-0.05, 0) is 13.1 Å². The second kappa shape index (κ2) is 10.0. The number of rotatable bonds is 7. The summed E-state index contributed by atoms with van der Waals surface area (Å²) in [5, 5.41) is 19.6. The Morgan fingerprint density at radius 2 is 1.83 bits per heavy atom. The highest BCUT2D eigenvalue weighted by Gasteiger charge is 2.26. The second-order valence-corrected chi connectivity index (χ2v) is 8.46. The molecule has 2 aromatic heterocycles. The summed E-state index contributed by atoms with van der Waals surface area (Å²) in [5.74, 6) is 1.29. The van der Waals surface area contributed by atoms with Gasteiger partial charge in [0.25, 0.3) is 5.69 Å². The fourth-order valence-electron chi connectivity index (χ4n) is 4.14. The van der Waals surface area contributed by atoms with Crippen molar-refractivity contribution in [3.05, 3.63) is 77.1 Å². The molecule has 1 aliphatic rings. The fraction of sp³-hybridized carbons (Fsp3) is 0.240. The van der Waals surface area contributed by atoms with E-state index in [-0.39, 0.29) is 16.6 Å². The van der Waals surface area contributed by atoms with E-state index >= 15 is 0 Å². The SMILES string of the molecule is COc1cc(N2CCN(C)CC2)c([N+](=O)[O-])cc1Nc1nccc(-n2ccc(-c3ccccc3)n2)n1. The van der Waals surface area contributed by atoms with Gasteiger partial charge >= 0.3 is 0 Å². The summed E-state index contributed by atoms with van der Waals surface area (Å²) in [7, 11) is 3.57. The predicted molar refractivity (Wildman–Crippen MR) is 137 cm³/mol. The minimum atomic E-state index is -0.371. The van der Waals surface area contributed by atoms with Gasteiger partial charge in [-0.25, -0.2) is 9.67 Å². The maximum atomic E-state index is 11.9. The van der Waals surface area contributed by atoms with E-state index in [9.17, 15) is 10.1 Å². The minimum absolute atomic E-state index is 0.00131. The molecule has 0 unspecified atom stereocenters. The fourth-order valence-corrected chi connectivity index (χ4v) is 4.14. The van der Waals surface area contributed by atoms with Crippen molar-refractivity contribution >= 4 is 23.0 Å². The Labute approximate surface area is 208 Å². The first-order valence-electron chi connectivity index (χ1n) is 11.5. The molecule has 11 heteroatoms. The summed E-state index contributed by atoms with van der Waals surface area (Å²) in [4.78, 5) is 24.6. The zero-order valence-electron chi connectivity index (χ0n) is 20.0. The summed E-state index contributed by atoms with van der Waals surface area (Å²) in [6, 6.07) is 16.7. The highest BCUT2D eigenvalue weighted by atomic mass is 16.6. The van der Waals surface area contributed by atoms with Crippen molar-refractivity contribution in [2.45, 2.75) is 0 Å². The number of likely N-dealkylation sites (N-methyl/N-ethyl adjacent to an activating group) is 1. The van der Waals surface area contributed by atoms with E-state index in [1.54, 1.807) is 23.0 Å². The van der Waals surface area contributed by atoms with Gasteiger partial charge in [-0.2, -0.15) is 10.1 Å². The molecule has 3 heterocycles. The van der Waals surface area contributed by atoms with Gasteiger partial charge in [0, 0.05) is 62.3 Å². The Balaban J connectivity index is 1.43. The van der Waals surface area contributed by atoms with Gasteiger partial charge in [-0.1, -0.05) is 30.3 Å². The number of benzene rings is 2. The largest absolute Gasteiger partial charge is 0.494 e. The molecule has 36 heavy (non-hydrogen) atoms. The van der Waals surface area contributed by atoms with Crippen LogP contribution in [0.1, 0.15) is 0 Å². The Kier molecular flexibility index (Phi) is 6.46. The number of ether oxygens (including phenoxy) is 1. The number of methoxy groups -OCH3 is 1. The minimum Gasteiger partial charge on any atom is -0.494 e. The van der Waals surface area contributed by atoms with Gasteiger partial charge in [0.15, 0.2) is 5.82 Å². The normalized spacial score (nSPS) is 14.0. The first-order chi connectivity index (χ1) is 17.5. The van der Waals surface area contributed by atoms with Crippen molar-refractivity contribution in [1.29, 1.82) is 0 Å². The van der Waals surface area contributed by atoms with Crippen molar-refractivity contribution in [2.75, 3.05) is 50.6 Å². The lowest BCUT2D eigenvalue weighted by molar-refractivity contribution is -0.384. The van der Waals surface area contributed by atoms with Gasteiger partial charge in [0.05, 0.1) is 23.4 Å². The van der Waals surface area contributed by atoms with E-state index in [1.807, 2.05) is 54.5 Å². The van der Waals surface area contributed by atoms with E-state index in [1.165, 1.54) is 13.2 Å². The molecule has 1 aliphatic heterocycles. The first-order valence-corrected chi connectivity index (χ1v) is 11.5. The molecule has 11 nitrogen and oxygen atoms in total. The molecule has 0 atom stereocenters. The maximum absolute atomic E-state index is 11.9. The standard InChI is InChI=1S/C25H26N8O3/c1-30-12-14-31(15-13-30)21-17-23(36-2)20(16-22(21)33(34)35)27-25-26-10-8-24(28-25)32-11-9-19(29-32)18-6-4-3-5-7-18/h3-11,16-17H,12-15H2,1-2H3,(H,26,27,28). The van der Waals surface area contributed by atoms with Crippen LogP contribution in [0, 0.1) is 10.1 Å². The molecule has 1 saturated heterocycles. The highest BCUT2D eigenvalue weighted by molar-refractivity contribution is 5.77. The van der Waals surface area contributed by atoms with Crippen LogP contribution in [0.3, 0.4) is 0 Å². The number of nitro groups is 1.